The molecule has 0 aromatic rings. The van der Waals surface area contributed by atoms with Crippen LogP contribution in [0.1, 0.15) is 40.0 Å². The normalized spacial score (nSPS) is 45.5. The van der Waals surface area contributed by atoms with E-state index in [9.17, 15) is 9.00 Å². The van der Waals surface area contributed by atoms with Gasteiger partial charge in [0, 0.05) is 11.8 Å². The van der Waals surface area contributed by atoms with E-state index in [-0.39, 0.29) is 23.4 Å². The fraction of sp³-hybridized carbons (Fsp3) is 0.923. The molecule has 102 valence electrons. The zero-order valence-corrected chi connectivity index (χ0v) is 11.9. The van der Waals surface area contributed by atoms with Crippen molar-refractivity contribution in [2.75, 3.05) is 0 Å². The van der Waals surface area contributed by atoms with Crippen LogP contribution >= 0.6 is 0 Å². The molecule has 3 aliphatic rings. The lowest BCUT2D eigenvalue weighted by atomic mass is 9.89. The van der Waals surface area contributed by atoms with E-state index in [0.717, 1.165) is 19.3 Å². The van der Waals surface area contributed by atoms with Crippen molar-refractivity contribution < 1.29 is 17.9 Å². The van der Waals surface area contributed by atoms with Crippen molar-refractivity contribution in [3.05, 3.63) is 0 Å². The van der Waals surface area contributed by atoms with Crippen LogP contribution in [0.4, 0.5) is 0 Å². The van der Waals surface area contributed by atoms with Gasteiger partial charge in [0.1, 0.15) is 12.2 Å². The fourth-order valence-corrected chi connectivity index (χ4v) is 4.89. The van der Waals surface area contributed by atoms with Gasteiger partial charge in [-0.2, -0.15) is 0 Å². The quantitative estimate of drug-likeness (QED) is 0.735. The van der Waals surface area contributed by atoms with Crippen LogP contribution < -0.4 is 0 Å². The lowest BCUT2D eigenvalue weighted by molar-refractivity contribution is -0.166. The summed E-state index contributed by atoms with van der Waals surface area (Å²) in [6, 6.07) is 0. The molecule has 2 aliphatic carbocycles. The molecule has 0 aromatic carbocycles. The molecule has 0 N–H and O–H groups in total. The number of hydrogen-bond donors (Lipinski definition) is 0. The van der Waals surface area contributed by atoms with Crippen LogP contribution in [0, 0.1) is 17.3 Å². The van der Waals surface area contributed by atoms with Crippen molar-refractivity contribution in [1.82, 2.24) is 0 Å². The maximum Gasteiger partial charge on any atom is 0.311 e. The molecule has 18 heavy (non-hydrogen) atoms. The van der Waals surface area contributed by atoms with Crippen LogP contribution in [0.25, 0.3) is 0 Å². The summed E-state index contributed by atoms with van der Waals surface area (Å²) in [5, 5.41) is 0.189. The van der Waals surface area contributed by atoms with E-state index in [2.05, 4.69) is 0 Å². The van der Waals surface area contributed by atoms with Gasteiger partial charge in [-0.25, -0.2) is 4.21 Å². The Morgan fingerprint density at radius 1 is 1.44 bits per heavy atom. The van der Waals surface area contributed by atoms with E-state index in [1.165, 1.54) is 0 Å². The summed E-state index contributed by atoms with van der Waals surface area (Å²) in [6.07, 6.45) is 2.36. The van der Waals surface area contributed by atoms with Gasteiger partial charge in [-0.15, -0.1) is 0 Å². The van der Waals surface area contributed by atoms with Crippen molar-refractivity contribution in [3.63, 3.8) is 0 Å². The summed E-state index contributed by atoms with van der Waals surface area (Å²) in [5.74, 6) is 0.548. The van der Waals surface area contributed by atoms with Crippen LogP contribution in [0.2, 0.25) is 0 Å². The molecule has 2 saturated carbocycles. The maximum absolute atomic E-state index is 12.1. The van der Waals surface area contributed by atoms with Crippen molar-refractivity contribution >= 4 is 17.0 Å². The molecule has 1 saturated heterocycles. The molecular formula is C13H20O4S. The first kappa shape index (κ1) is 12.6. The molecule has 0 radical (unpaired) electrons. The minimum absolute atomic E-state index is 0.119. The Hall–Kier alpha value is -0.420. The topological polar surface area (TPSA) is 52.6 Å². The van der Waals surface area contributed by atoms with Gasteiger partial charge >= 0.3 is 5.97 Å². The molecule has 0 spiro atoms. The highest BCUT2D eigenvalue weighted by atomic mass is 32.2. The Bertz CT molecular complexity index is 406. The average Bonchev–Trinajstić information content (AvgIpc) is 2.93. The summed E-state index contributed by atoms with van der Waals surface area (Å²) in [7, 11) is 0. The average molecular weight is 272 g/mol. The third kappa shape index (κ3) is 1.67. The number of fused-ring (bicyclic) bond motifs is 1. The van der Waals surface area contributed by atoms with E-state index >= 15 is 0 Å². The van der Waals surface area contributed by atoms with Gasteiger partial charge < -0.3 is 4.74 Å². The second-order valence-electron chi connectivity index (χ2n) is 6.36. The highest BCUT2D eigenvalue weighted by Crippen LogP contribution is 2.54. The molecular weight excluding hydrogens is 252 g/mol. The second kappa shape index (κ2) is 4.04. The predicted molar refractivity (Wildman–Crippen MR) is 67.0 cm³/mol. The number of esters is 1. The summed E-state index contributed by atoms with van der Waals surface area (Å²) < 4.78 is 22.9. The van der Waals surface area contributed by atoms with Crippen LogP contribution in [-0.2, 0) is 24.8 Å². The predicted octanol–water partition coefficient (Wildman–Crippen LogP) is 1.81. The molecule has 1 aliphatic heterocycles. The molecule has 0 aromatic heterocycles. The maximum atomic E-state index is 12.1. The van der Waals surface area contributed by atoms with Gasteiger partial charge in [-0.1, -0.05) is 6.92 Å². The highest BCUT2D eigenvalue weighted by molar-refractivity contribution is 7.81. The van der Waals surface area contributed by atoms with Crippen LogP contribution in [0.3, 0.4) is 0 Å². The Labute approximate surface area is 110 Å². The van der Waals surface area contributed by atoms with E-state index in [0.29, 0.717) is 11.8 Å². The number of carbonyl (C=O) groups is 1. The van der Waals surface area contributed by atoms with Gasteiger partial charge in [-0.3, -0.25) is 8.98 Å². The molecule has 4 nitrogen and oxygen atoms in total. The number of carbonyl (C=O) groups excluding carboxylic acids is 1. The standard InChI is InChI=1S/C13H20O4S/c1-4-13(2,3)12(14)16-10-7-5-8-9(6-7)18(15)17-11(8)10/h7-11H,4-6H2,1-3H3. The third-order valence-corrected chi connectivity index (χ3v) is 6.38. The van der Waals surface area contributed by atoms with Gasteiger partial charge in [0.15, 0.2) is 11.1 Å². The Kier molecular flexibility index (Phi) is 2.83. The lowest BCUT2D eigenvalue weighted by Crippen LogP contribution is -2.40. The molecule has 1 heterocycles. The van der Waals surface area contributed by atoms with Crippen molar-refractivity contribution in [2.45, 2.75) is 57.5 Å². The van der Waals surface area contributed by atoms with Crippen LogP contribution in [-0.4, -0.2) is 27.6 Å². The zero-order valence-electron chi connectivity index (χ0n) is 11.0. The van der Waals surface area contributed by atoms with Crippen LogP contribution in [0.15, 0.2) is 0 Å². The SMILES string of the molecule is CCC(C)(C)C(=O)OC1C2CC3C1OS(=O)C3C2. The second-order valence-corrected chi connectivity index (χ2v) is 7.68. The smallest absolute Gasteiger partial charge is 0.311 e. The molecule has 6 unspecified atom stereocenters. The number of ether oxygens (including phenoxy) is 1. The first-order valence-electron chi connectivity index (χ1n) is 6.73. The first-order chi connectivity index (χ1) is 8.44. The highest BCUT2D eigenvalue weighted by Gasteiger charge is 2.62. The minimum atomic E-state index is -1.17. The van der Waals surface area contributed by atoms with Gasteiger partial charge in [0.2, 0.25) is 0 Å². The van der Waals surface area contributed by atoms with E-state index in [4.69, 9.17) is 8.92 Å². The first-order valence-corrected chi connectivity index (χ1v) is 7.86. The lowest BCUT2D eigenvalue weighted by Gasteiger charge is -2.29. The van der Waals surface area contributed by atoms with Crippen molar-refractivity contribution in [3.8, 4) is 0 Å². The monoisotopic (exact) mass is 272 g/mol. The largest absolute Gasteiger partial charge is 0.459 e. The molecule has 2 bridgehead atoms. The summed E-state index contributed by atoms with van der Waals surface area (Å²) in [5.41, 5.74) is -0.445. The van der Waals surface area contributed by atoms with E-state index < -0.39 is 16.5 Å². The molecule has 6 atom stereocenters. The fourth-order valence-electron chi connectivity index (χ4n) is 3.32. The van der Waals surface area contributed by atoms with E-state index in [1.54, 1.807) is 0 Å². The minimum Gasteiger partial charge on any atom is -0.459 e. The van der Waals surface area contributed by atoms with Gasteiger partial charge in [0.05, 0.1) is 10.7 Å². The Morgan fingerprint density at radius 3 is 2.83 bits per heavy atom. The summed E-state index contributed by atoms with van der Waals surface area (Å²) >= 11 is -1.17. The zero-order chi connectivity index (χ0) is 13.1. The number of rotatable bonds is 3. The van der Waals surface area contributed by atoms with Crippen molar-refractivity contribution in [1.29, 1.82) is 0 Å². The van der Waals surface area contributed by atoms with Gasteiger partial charge in [0.25, 0.3) is 0 Å². The van der Waals surface area contributed by atoms with E-state index in [1.807, 2.05) is 20.8 Å². The molecule has 3 fully saturated rings. The number of hydrogen-bond acceptors (Lipinski definition) is 4. The van der Waals surface area contributed by atoms with Crippen molar-refractivity contribution in [2.24, 2.45) is 17.3 Å². The molecule has 3 rings (SSSR count). The Morgan fingerprint density at radius 2 is 2.17 bits per heavy atom. The molecule has 5 heteroatoms. The molecule has 0 amide bonds. The van der Waals surface area contributed by atoms with Gasteiger partial charge in [-0.05, 0) is 33.1 Å². The summed E-state index contributed by atoms with van der Waals surface area (Å²) in [4.78, 5) is 12.1. The summed E-state index contributed by atoms with van der Waals surface area (Å²) in [6.45, 7) is 5.79. The Balaban J connectivity index is 1.73. The van der Waals surface area contributed by atoms with Crippen LogP contribution in [0.5, 0.6) is 0 Å². The third-order valence-electron chi connectivity index (χ3n) is 4.93.